The lowest BCUT2D eigenvalue weighted by atomic mass is 10.1. The topological polar surface area (TPSA) is 136 Å². The summed E-state index contributed by atoms with van der Waals surface area (Å²) in [5.74, 6) is -1.29. The van der Waals surface area contributed by atoms with E-state index in [0.717, 1.165) is 43.8 Å². The Kier molecular flexibility index (Phi) is 6.68. The van der Waals surface area contributed by atoms with Gasteiger partial charge in [0.05, 0.1) is 15.6 Å². The number of benzene rings is 2. The fraction of sp³-hybridized carbons (Fsp3) is 0.250. The van der Waals surface area contributed by atoms with Gasteiger partial charge in [-0.15, -0.1) is 11.8 Å². The van der Waals surface area contributed by atoms with Crippen LogP contribution in [0.4, 0.5) is 11.4 Å². The number of nitrogens with one attached hydrogen (secondary N) is 1. The fourth-order valence-corrected chi connectivity index (χ4v) is 3.91. The van der Waals surface area contributed by atoms with Crippen molar-refractivity contribution in [1.29, 1.82) is 0 Å². The number of amides is 3. The van der Waals surface area contributed by atoms with E-state index in [1.807, 2.05) is 0 Å². The second-order valence-electron chi connectivity index (χ2n) is 6.72. The number of nitro benzene ring substituents is 1. The molecule has 1 fully saturated rings. The lowest BCUT2D eigenvalue weighted by molar-refractivity contribution is -0.387. The maximum Gasteiger partial charge on any atom is 0.283 e. The molecule has 3 N–H and O–H groups in total. The van der Waals surface area contributed by atoms with Crippen LogP contribution >= 0.6 is 11.8 Å². The summed E-state index contributed by atoms with van der Waals surface area (Å²) in [5, 5.41) is 13.9. The molecule has 2 aromatic carbocycles. The number of primary amides is 1. The van der Waals surface area contributed by atoms with Crippen LogP contribution in [0.2, 0.25) is 0 Å². The van der Waals surface area contributed by atoms with Crippen molar-refractivity contribution in [2.45, 2.75) is 17.7 Å². The molecule has 30 heavy (non-hydrogen) atoms. The van der Waals surface area contributed by atoms with E-state index >= 15 is 0 Å². The Bertz CT molecular complexity index is 1000. The number of nitrogens with two attached hydrogens (primary N) is 1. The van der Waals surface area contributed by atoms with E-state index in [1.165, 1.54) is 12.1 Å². The molecule has 9 nitrogen and oxygen atoms in total. The van der Waals surface area contributed by atoms with Gasteiger partial charge < -0.3 is 16.0 Å². The number of anilines is 1. The van der Waals surface area contributed by atoms with Crippen molar-refractivity contribution in [1.82, 2.24) is 4.90 Å². The summed E-state index contributed by atoms with van der Waals surface area (Å²) < 4.78 is 0. The van der Waals surface area contributed by atoms with E-state index < -0.39 is 10.8 Å². The smallest absolute Gasteiger partial charge is 0.283 e. The van der Waals surface area contributed by atoms with E-state index in [0.29, 0.717) is 11.3 Å². The van der Waals surface area contributed by atoms with Crippen molar-refractivity contribution in [2.75, 3.05) is 24.2 Å². The first kappa shape index (κ1) is 21.3. The molecular weight excluding hydrogens is 408 g/mol. The molecule has 0 bridgehead atoms. The number of hydrogen-bond acceptors (Lipinski definition) is 6. The van der Waals surface area contributed by atoms with Crippen LogP contribution in [0.15, 0.2) is 47.4 Å². The molecule has 1 aliphatic heterocycles. The number of likely N-dealkylation sites (tertiary alicyclic amines) is 1. The summed E-state index contributed by atoms with van der Waals surface area (Å²) >= 11 is 0.973. The van der Waals surface area contributed by atoms with Crippen molar-refractivity contribution in [3.63, 3.8) is 0 Å². The van der Waals surface area contributed by atoms with E-state index in [2.05, 4.69) is 5.32 Å². The first-order chi connectivity index (χ1) is 14.3. The highest BCUT2D eigenvalue weighted by Gasteiger charge is 2.20. The molecule has 10 heteroatoms. The number of carbonyl (C=O) groups is 3. The molecule has 0 saturated carbocycles. The number of rotatable bonds is 7. The lowest BCUT2D eigenvalue weighted by Gasteiger charge is -2.15. The van der Waals surface area contributed by atoms with Gasteiger partial charge in [0.25, 0.3) is 11.6 Å². The molecule has 3 amide bonds. The molecule has 0 aromatic heterocycles. The third kappa shape index (κ3) is 5.15. The summed E-state index contributed by atoms with van der Waals surface area (Å²) in [6.07, 6.45) is 1.98. The van der Waals surface area contributed by atoms with Crippen LogP contribution in [-0.2, 0) is 4.79 Å². The van der Waals surface area contributed by atoms with Crippen molar-refractivity contribution in [3.05, 3.63) is 63.7 Å². The molecule has 1 aliphatic rings. The largest absolute Gasteiger partial charge is 0.366 e. The van der Waals surface area contributed by atoms with Crippen LogP contribution < -0.4 is 11.1 Å². The van der Waals surface area contributed by atoms with Gasteiger partial charge in [-0.3, -0.25) is 24.5 Å². The van der Waals surface area contributed by atoms with E-state index in [1.54, 1.807) is 29.2 Å². The Morgan fingerprint density at radius 3 is 2.50 bits per heavy atom. The molecule has 0 aliphatic carbocycles. The Morgan fingerprint density at radius 1 is 1.10 bits per heavy atom. The predicted molar refractivity (Wildman–Crippen MR) is 113 cm³/mol. The van der Waals surface area contributed by atoms with Gasteiger partial charge in [-0.25, -0.2) is 0 Å². The minimum atomic E-state index is -0.768. The second kappa shape index (κ2) is 9.40. The minimum Gasteiger partial charge on any atom is -0.366 e. The monoisotopic (exact) mass is 428 g/mol. The molecule has 3 rings (SSSR count). The number of thioether (sulfide) groups is 1. The first-order valence-electron chi connectivity index (χ1n) is 9.25. The molecule has 0 atom stereocenters. The third-order valence-electron chi connectivity index (χ3n) is 4.59. The second-order valence-corrected chi connectivity index (χ2v) is 7.74. The van der Waals surface area contributed by atoms with Gasteiger partial charge in [-0.1, -0.05) is 6.07 Å². The summed E-state index contributed by atoms with van der Waals surface area (Å²) in [7, 11) is 0. The van der Waals surface area contributed by atoms with Crippen LogP contribution in [-0.4, -0.2) is 46.4 Å². The van der Waals surface area contributed by atoms with Gasteiger partial charge in [0.1, 0.15) is 0 Å². The van der Waals surface area contributed by atoms with Gasteiger partial charge >= 0.3 is 0 Å². The van der Waals surface area contributed by atoms with Crippen LogP contribution in [0, 0.1) is 10.1 Å². The van der Waals surface area contributed by atoms with Crippen molar-refractivity contribution in [3.8, 4) is 0 Å². The SMILES string of the molecule is NC(=O)c1ccc(SCC(=O)Nc2cccc(C(=O)N3CCCC3)c2)c([N+](=O)[O-])c1. The van der Waals surface area contributed by atoms with Crippen LogP contribution in [0.1, 0.15) is 33.6 Å². The molecule has 0 radical (unpaired) electrons. The predicted octanol–water partition coefficient (Wildman–Crippen LogP) is 2.66. The maximum absolute atomic E-state index is 12.5. The summed E-state index contributed by atoms with van der Waals surface area (Å²) in [4.78, 5) is 48.7. The number of carbonyl (C=O) groups excluding carboxylic acids is 3. The average molecular weight is 428 g/mol. The van der Waals surface area contributed by atoms with Gasteiger partial charge in [0.15, 0.2) is 0 Å². The van der Waals surface area contributed by atoms with Gasteiger partial charge in [-0.2, -0.15) is 0 Å². The normalized spacial score (nSPS) is 13.1. The zero-order chi connectivity index (χ0) is 21.7. The van der Waals surface area contributed by atoms with Crippen LogP contribution in [0.3, 0.4) is 0 Å². The Morgan fingerprint density at radius 2 is 1.83 bits per heavy atom. The Balaban J connectivity index is 1.64. The fourth-order valence-electron chi connectivity index (χ4n) is 3.11. The lowest BCUT2D eigenvalue weighted by Crippen LogP contribution is -2.27. The standard InChI is InChI=1S/C20H20N4O5S/c21-19(26)13-6-7-17(16(11-13)24(28)29)30-12-18(25)22-15-5-3-4-14(10-15)20(27)23-8-1-2-9-23/h3-7,10-11H,1-2,8-9,12H2,(H2,21,26)(H,22,25). The maximum atomic E-state index is 12.5. The van der Waals surface area contributed by atoms with Crippen LogP contribution in [0.25, 0.3) is 0 Å². The Hall–Kier alpha value is -3.40. The highest BCUT2D eigenvalue weighted by atomic mass is 32.2. The zero-order valence-electron chi connectivity index (χ0n) is 16.0. The van der Waals surface area contributed by atoms with Crippen molar-refractivity contribution >= 4 is 40.9 Å². The molecule has 2 aromatic rings. The molecular formula is C20H20N4O5S. The van der Waals surface area contributed by atoms with Gasteiger partial charge in [0, 0.05) is 36.0 Å². The van der Waals surface area contributed by atoms with Crippen molar-refractivity contribution < 1.29 is 19.3 Å². The van der Waals surface area contributed by atoms with Gasteiger partial charge in [0.2, 0.25) is 11.8 Å². The summed E-state index contributed by atoms with van der Waals surface area (Å²) in [5.41, 5.74) is 5.86. The quantitative estimate of drug-likeness (QED) is 0.395. The summed E-state index contributed by atoms with van der Waals surface area (Å²) in [6, 6.07) is 10.6. The first-order valence-corrected chi connectivity index (χ1v) is 10.2. The summed E-state index contributed by atoms with van der Waals surface area (Å²) in [6.45, 7) is 1.47. The van der Waals surface area contributed by atoms with Gasteiger partial charge in [-0.05, 0) is 43.2 Å². The molecule has 0 unspecified atom stereocenters. The van der Waals surface area contributed by atoms with E-state index in [-0.39, 0.29) is 33.7 Å². The zero-order valence-corrected chi connectivity index (χ0v) is 16.8. The van der Waals surface area contributed by atoms with E-state index in [9.17, 15) is 24.5 Å². The van der Waals surface area contributed by atoms with Crippen molar-refractivity contribution in [2.24, 2.45) is 5.73 Å². The molecule has 0 spiro atoms. The molecule has 1 saturated heterocycles. The van der Waals surface area contributed by atoms with Crippen LogP contribution in [0.5, 0.6) is 0 Å². The average Bonchev–Trinajstić information content (AvgIpc) is 3.26. The van der Waals surface area contributed by atoms with E-state index in [4.69, 9.17) is 5.73 Å². The molecule has 1 heterocycles. The Labute approximate surface area is 176 Å². The third-order valence-corrected chi connectivity index (χ3v) is 5.65. The number of hydrogen-bond donors (Lipinski definition) is 2. The highest BCUT2D eigenvalue weighted by molar-refractivity contribution is 8.00. The minimum absolute atomic E-state index is 0.0231. The highest BCUT2D eigenvalue weighted by Crippen LogP contribution is 2.30. The number of nitrogens with zero attached hydrogens (tertiary/aromatic N) is 2. The number of nitro groups is 1. The molecule has 156 valence electrons.